The summed E-state index contributed by atoms with van der Waals surface area (Å²) in [5.74, 6) is 2.11. The number of anilines is 3. The largest absolute Gasteiger partial charge is 0.485 e. The first-order valence-electron chi connectivity index (χ1n) is 9.69. The van der Waals surface area contributed by atoms with E-state index in [1.165, 1.54) is 32.1 Å². The molecule has 6 nitrogen and oxygen atoms in total. The fourth-order valence-electron chi connectivity index (χ4n) is 3.93. The van der Waals surface area contributed by atoms with Gasteiger partial charge >= 0.3 is 0 Å². The summed E-state index contributed by atoms with van der Waals surface area (Å²) < 4.78 is 11.4. The summed E-state index contributed by atoms with van der Waals surface area (Å²) in [4.78, 5) is 7.95. The molecule has 3 N–H and O–H groups in total. The Hall–Kier alpha value is -2.89. The average Bonchev–Trinajstić information content (AvgIpc) is 3.18. The van der Waals surface area contributed by atoms with Gasteiger partial charge in [-0.05, 0) is 31.0 Å². The molecular weight excluding hydrogens is 340 g/mol. The molecule has 0 bridgehead atoms. The number of fused-ring (bicyclic) bond motifs is 2. The summed E-state index contributed by atoms with van der Waals surface area (Å²) in [5, 5.41) is 8.25. The molecule has 2 aromatic heterocycles. The fourth-order valence-corrected chi connectivity index (χ4v) is 3.93. The molecule has 5 rings (SSSR count). The second kappa shape index (κ2) is 7.02. The van der Waals surface area contributed by atoms with Gasteiger partial charge in [0.2, 0.25) is 0 Å². The van der Waals surface area contributed by atoms with Gasteiger partial charge in [-0.3, -0.25) is 0 Å². The lowest BCUT2D eigenvalue weighted by molar-refractivity contribution is 0.172. The molecule has 1 aliphatic heterocycles. The van der Waals surface area contributed by atoms with Gasteiger partial charge in [0.15, 0.2) is 11.5 Å². The molecule has 0 saturated heterocycles. The number of nitrogens with zero attached hydrogens (tertiary/aromatic N) is 1. The number of nitrogens with one attached hydrogen (secondary N) is 3. The maximum atomic E-state index is 5.78. The van der Waals surface area contributed by atoms with E-state index in [1.807, 2.05) is 18.3 Å². The van der Waals surface area contributed by atoms with Crippen molar-refractivity contribution in [2.75, 3.05) is 23.8 Å². The number of hydrogen-bond donors (Lipinski definition) is 3. The van der Waals surface area contributed by atoms with Crippen LogP contribution < -0.4 is 20.1 Å². The Balaban J connectivity index is 1.47. The lowest BCUT2D eigenvalue weighted by atomic mass is 9.95. The van der Waals surface area contributed by atoms with E-state index in [-0.39, 0.29) is 0 Å². The lowest BCUT2D eigenvalue weighted by Crippen LogP contribution is -2.22. The quantitative estimate of drug-likeness (QED) is 0.631. The second-order valence-electron chi connectivity index (χ2n) is 7.15. The van der Waals surface area contributed by atoms with Crippen LogP contribution in [0.25, 0.3) is 11.0 Å². The Morgan fingerprint density at radius 2 is 1.96 bits per heavy atom. The van der Waals surface area contributed by atoms with Crippen molar-refractivity contribution < 1.29 is 9.47 Å². The van der Waals surface area contributed by atoms with Crippen molar-refractivity contribution >= 4 is 28.2 Å². The third kappa shape index (κ3) is 3.27. The first kappa shape index (κ1) is 16.3. The number of rotatable bonds is 4. The maximum Gasteiger partial charge on any atom is 0.185 e. The number of H-pyrrole nitrogens is 1. The van der Waals surface area contributed by atoms with Crippen LogP contribution in [0.5, 0.6) is 11.5 Å². The normalized spacial score (nSPS) is 17.0. The highest BCUT2D eigenvalue weighted by Gasteiger charge is 2.18. The van der Waals surface area contributed by atoms with Gasteiger partial charge in [-0.25, -0.2) is 4.98 Å². The van der Waals surface area contributed by atoms with E-state index in [0.29, 0.717) is 30.8 Å². The molecule has 27 heavy (non-hydrogen) atoms. The SMILES string of the molecule is [c]1ccc(Nc2cc(NC3CCCCC3)c3cc[nH]c3n2)c2c1OCCO2. The highest BCUT2D eigenvalue weighted by molar-refractivity contribution is 5.92. The molecule has 0 amide bonds. The molecule has 6 heteroatoms. The molecule has 139 valence electrons. The van der Waals surface area contributed by atoms with Gasteiger partial charge < -0.3 is 25.1 Å². The second-order valence-corrected chi connectivity index (χ2v) is 7.15. The molecule has 1 aromatic carbocycles. The Morgan fingerprint density at radius 1 is 1.07 bits per heavy atom. The fraction of sp³-hybridized carbons (Fsp3) is 0.381. The third-order valence-corrected chi connectivity index (χ3v) is 5.25. The number of aromatic nitrogens is 2. The van der Waals surface area contributed by atoms with Crippen molar-refractivity contribution in [3.05, 3.63) is 36.5 Å². The third-order valence-electron chi connectivity index (χ3n) is 5.25. The van der Waals surface area contributed by atoms with Crippen LogP contribution in [0.3, 0.4) is 0 Å². The van der Waals surface area contributed by atoms with E-state index < -0.39 is 0 Å². The van der Waals surface area contributed by atoms with Crippen molar-refractivity contribution in [1.82, 2.24) is 9.97 Å². The highest BCUT2D eigenvalue weighted by atomic mass is 16.6. The predicted octanol–water partition coefficient (Wildman–Crippen LogP) is 4.62. The number of benzene rings is 1. The van der Waals surface area contributed by atoms with Crippen LogP contribution in [-0.2, 0) is 0 Å². The molecule has 1 saturated carbocycles. The molecule has 1 aliphatic carbocycles. The summed E-state index contributed by atoms with van der Waals surface area (Å²) in [6.07, 6.45) is 8.33. The first-order chi connectivity index (χ1) is 13.4. The van der Waals surface area contributed by atoms with Gasteiger partial charge in [0.05, 0.1) is 5.69 Å². The molecule has 3 heterocycles. The zero-order valence-corrected chi connectivity index (χ0v) is 15.2. The van der Waals surface area contributed by atoms with Crippen LogP contribution in [0.4, 0.5) is 17.2 Å². The minimum Gasteiger partial charge on any atom is -0.485 e. The van der Waals surface area contributed by atoms with E-state index in [2.05, 4.69) is 33.8 Å². The van der Waals surface area contributed by atoms with Gasteiger partial charge in [0, 0.05) is 35.4 Å². The molecule has 0 spiro atoms. The Kier molecular flexibility index (Phi) is 4.24. The van der Waals surface area contributed by atoms with Gasteiger partial charge in [-0.1, -0.05) is 19.3 Å². The van der Waals surface area contributed by atoms with E-state index in [0.717, 1.165) is 28.2 Å². The number of pyridine rings is 1. The van der Waals surface area contributed by atoms with Crippen molar-refractivity contribution in [3.8, 4) is 11.5 Å². The predicted molar refractivity (Wildman–Crippen MR) is 106 cm³/mol. The Labute approximate surface area is 158 Å². The molecule has 2 aliphatic rings. The van der Waals surface area contributed by atoms with Crippen LogP contribution in [0.1, 0.15) is 32.1 Å². The highest BCUT2D eigenvalue weighted by Crippen LogP contribution is 2.39. The molecule has 1 radical (unpaired) electrons. The molecule has 0 unspecified atom stereocenters. The van der Waals surface area contributed by atoms with Gasteiger partial charge in [-0.2, -0.15) is 0 Å². The molecular formula is C21H23N4O2. The van der Waals surface area contributed by atoms with Gasteiger partial charge in [0.25, 0.3) is 0 Å². The zero-order chi connectivity index (χ0) is 18.1. The van der Waals surface area contributed by atoms with Gasteiger partial charge in [-0.15, -0.1) is 0 Å². The van der Waals surface area contributed by atoms with Crippen molar-refractivity contribution in [1.29, 1.82) is 0 Å². The zero-order valence-electron chi connectivity index (χ0n) is 15.2. The van der Waals surface area contributed by atoms with Crippen molar-refractivity contribution in [2.45, 2.75) is 38.1 Å². The topological polar surface area (TPSA) is 71.2 Å². The Bertz CT molecular complexity index is 947. The number of hydrogen-bond acceptors (Lipinski definition) is 5. The molecule has 3 aromatic rings. The van der Waals surface area contributed by atoms with E-state index in [9.17, 15) is 0 Å². The standard InChI is InChI=1S/C21H23N4O2/c1-2-5-14(6-3-1)23-17-13-19(25-21-15(17)9-10-22-21)24-16-7-4-8-18-20(16)27-12-11-26-18/h4,7,9-10,13-14H,1-3,5-6,11-12H2,(H3,22,23,24,25). The summed E-state index contributed by atoms with van der Waals surface area (Å²) in [5.41, 5.74) is 2.82. The molecule has 1 fully saturated rings. The average molecular weight is 363 g/mol. The van der Waals surface area contributed by atoms with Crippen LogP contribution in [0, 0.1) is 6.07 Å². The number of aromatic amines is 1. The summed E-state index contributed by atoms with van der Waals surface area (Å²) in [6.45, 7) is 1.09. The van der Waals surface area contributed by atoms with Crippen LogP contribution in [0.15, 0.2) is 30.5 Å². The summed E-state index contributed by atoms with van der Waals surface area (Å²) >= 11 is 0. The van der Waals surface area contributed by atoms with Crippen LogP contribution in [0.2, 0.25) is 0 Å². The molecule has 0 atom stereocenters. The Morgan fingerprint density at radius 3 is 2.89 bits per heavy atom. The van der Waals surface area contributed by atoms with Gasteiger partial charge in [0.1, 0.15) is 24.7 Å². The summed E-state index contributed by atoms with van der Waals surface area (Å²) in [6, 6.07) is 11.5. The monoisotopic (exact) mass is 363 g/mol. The minimum atomic E-state index is 0.530. The summed E-state index contributed by atoms with van der Waals surface area (Å²) in [7, 11) is 0. The maximum absolute atomic E-state index is 5.78. The van der Waals surface area contributed by atoms with Crippen molar-refractivity contribution in [3.63, 3.8) is 0 Å². The number of ether oxygens (including phenoxy) is 2. The van der Waals surface area contributed by atoms with E-state index in [4.69, 9.17) is 14.5 Å². The lowest BCUT2D eigenvalue weighted by Gasteiger charge is -2.25. The minimum absolute atomic E-state index is 0.530. The van der Waals surface area contributed by atoms with Crippen LogP contribution in [-0.4, -0.2) is 29.2 Å². The van der Waals surface area contributed by atoms with E-state index in [1.54, 1.807) is 0 Å². The van der Waals surface area contributed by atoms with Crippen molar-refractivity contribution in [2.24, 2.45) is 0 Å². The van der Waals surface area contributed by atoms with Crippen LogP contribution >= 0.6 is 0 Å². The smallest absolute Gasteiger partial charge is 0.185 e. The first-order valence-corrected chi connectivity index (χ1v) is 9.69. The van der Waals surface area contributed by atoms with E-state index >= 15 is 0 Å².